The van der Waals surface area contributed by atoms with E-state index in [1.165, 1.54) is 6.07 Å². The normalized spacial score (nSPS) is 22.0. The number of fused-ring (bicyclic) bond motifs is 3. The lowest BCUT2D eigenvalue weighted by Gasteiger charge is -2.44. The van der Waals surface area contributed by atoms with Crippen molar-refractivity contribution in [3.8, 4) is 0 Å². The number of carbonyl (C=O) groups excluding carboxylic acids is 2. The molecule has 0 aliphatic carbocycles. The van der Waals surface area contributed by atoms with Crippen molar-refractivity contribution in [2.45, 2.75) is 57.5 Å². The molecule has 3 aliphatic rings. The molecule has 2 fully saturated rings. The van der Waals surface area contributed by atoms with Crippen molar-refractivity contribution in [2.24, 2.45) is 5.92 Å². The first-order chi connectivity index (χ1) is 20.5. The summed E-state index contributed by atoms with van der Waals surface area (Å²) in [4.78, 5) is 34.4. The van der Waals surface area contributed by atoms with Crippen molar-refractivity contribution in [3.63, 3.8) is 0 Å². The Hall–Kier alpha value is -3.77. The minimum absolute atomic E-state index is 0.0566. The lowest BCUT2D eigenvalue weighted by Crippen LogP contribution is -2.53. The molecule has 0 aromatic heterocycles. The van der Waals surface area contributed by atoms with Crippen LogP contribution in [0.5, 0.6) is 0 Å². The van der Waals surface area contributed by atoms with Crippen LogP contribution in [0.1, 0.15) is 54.9 Å². The van der Waals surface area contributed by atoms with Crippen LogP contribution >= 0.6 is 0 Å². The zero-order chi connectivity index (χ0) is 28.8. The van der Waals surface area contributed by atoms with Crippen LogP contribution in [0.2, 0.25) is 0 Å². The minimum atomic E-state index is -0.238. The molecule has 42 heavy (non-hydrogen) atoms. The maximum Gasteiger partial charge on any atom is 0.255 e. The number of amides is 2. The molecule has 0 N–H and O–H groups in total. The van der Waals surface area contributed by atoms with Crippen molar-refractivity contribution in [1.29, 1.82) is 0 Å². The third-order valence-corrected chi connectivity index (χ3v) is 9.87. The number of piperidine rings is 2. The van der Waals surface area contributed by atoms with Gasteiger partial charge in [0.05, 0.1) is 11.5 Å². The molecule has 3 aliphatic heterocycles. The fourth-order valence-electron chi connectivity index (χ4n) is 7.63. The van der Waals surface area contributed by atoms with Gasteiger partial charge in [-0.3, -0.25) is 14.5 Å². The van der Waals surface area contributed by atoms with Crippen LogP contribution in [-0.2, 0) is 11.2 Å². The molecule has 4 aromatic rings. The van der Waals surface area contributed by atoms with E-state index in [1.807, 2.05) is 34.1 Å². The number of rotatable bonds is 3. The fourth-order valence-corrected chi connectivity index (χ4v) is 7.63. The molecule has 2 saturated heterocycles. The monoisotopic (exact) mass is 563 g/mol. The van der Waals surface area contributed by atoms with Gasteiger partial charge in [0.15, 0.2) is 0 Å². The Balaban J connectivity index is 1.05. The summed E-state index contributed by atoms with van der Waals surface area (Å²) in [6.07, 6.45) is 5.38. The van der Waals surface area contributed by atoms with Crippen molar-refractivity contribution in [1.82, 2.24) is 9.80 Å². The number of benzene rings is 4. The summed E-state index contributed by atoms with van der Waals surface area (Å²) in [7, 11) is 0. The molecule has 3 heterocycles. The number of likely N-dealkylation sites (tertiary alicyclic amines) is 2. The van der Waals surface area contributed by atoms with Crippen LogP contribution in [0.25, 0.3) is 21.5 Å². The van der Waals surface area contributed by atoms with Crippen molar-refractivity contribution >= 4 is 39.0 Å². The first-order valence-corrected chi connectivity index (χ1v) is 15.5. The maximum absolute atomic E-state index is 14.0. The van der Waals surface area contributed by atoms with Crippen LogP contribution in [0.3, 0.4) is 0 Å². The summed E-state index contributed by atoms with van der Waals surface area (Å²) in [6.45, 7) is 5.30. The standard InChI is InChI=1S/C36H38FN3O2/c1-24-12-13-27-22-29(37)14-15-33(27)40(24)35(41)28-9-6-18-39(23-28)30-16-19-38(20-17-30)36(42)34-31-10-4-2-7-25(31)21-26-8-3-5-11-32(26)34/h2-5,7-8,10-11,14-15,21-22,24,28,30H,6,9,12-13,16-20,23H2,1H3/t24?,28-/m1/s1. The molecule has 2 amide bonds. The maximum atomic E-state index is 14.0. The molecular weight excluding hydrogens is 525 g/mol. The van der Waals surface area contributed by atoms with E-state index in [-0.39, 0.29) is 29.6 Å². The summed E-state index contributed by atoms with van der Waals surface area (Å²) in [5, 5.41) is 4.21. The van der Waals surface area contributed by atoms with Gasteiger partial charge < -0.3 is 9.80 Å². The van der Waals surface area contributed by atoms with Crippen molar-refractivity contribution < 1.29 is 14.0 Å². The topological polar surface area (TPSA) is 43.9 Å². The highest BCUT2D eigenvalue weighted by molar-refractivity contribution is 6.18. The van der Waals surface area contributed by atoms with Crippen LogP contribution in [0, 0.1) is 11.7 Å². The quantitative estimate of drug-likeness (QED) is 0.257. The predicted molar refractivity (Wildman–Crippen MR) is 166 cm³/mol. The largest absolute Gasteiger partial charge is 0.338 e. The van der Waals surface area contributed by atoms with Crippen LogP contribution in [0.4, 0.5) is 10.1 Å². The van der Waals surface area contributed by atoms with Gasteiger partial charge in [0, 0.05) is 37.4 Å². The number of hydrogen-bond acceptors (Lipinski definition) is 3. The highest BCUT2D eigenvalue weighted by Gasteiger charge is 2.37. The Morgan fingerprint density at radius 3 is 2.21 bits per heavy atom. The van der Waals surface area contributed by atoms with E-state index in [0.29, 0.717) is 6.04 Å². The van der Waals surface area contributed by atoms with Gasteiger partial charge in [-0.15, -0.1) is 0 Å². The van der Waals surface area contributed by atoms with E-state index in [4.69, 9.17) is 0 Å². The molecule has 0 radical (unpaired) electrons. The van der Waals surface area contributed by atoms with Gasteiger partial charge >= 0.3 is 0 Å². The first-order valence-electron chi connectivity index (χ1n) is 15.5. The fraction of sp³-hybridized carbons (Fsp3) is 0.389. The van der Waals surface area contributed by atoms with Crippen molar-refractivity contribution in [2.75, 3.05) is 31.1 Å². The summed E-state index contributed by atoms with van der Waals surface area (Å²) < 4.78 is 13.9. The van der Waals surface area contributed by atoms with Gasteiger partial charge in [0.1, 0.15) is 5.82 Å². The van der Waals surface area contributed by atoms with E-state index in [9.17, 15) is 14.0 Å². The van der Waals surface area contributed by atoms with Gasteiger partial charge in [0.25, 0.3) is 5.91 Å². The molecule has 0 spiro atoms. The second-order valence-electron chi connectivity index (χ2n) is 12.4. The number of aryl methyl sites for hydroxylation is 1. The number of halogens is 1. The average molecular weight is 564 g/mol. The Morgan fingerprint density at radius 1 is 0.810 bits per heavy atom. The molecule has 6 heteroatoms. The second-order valence-corrected chi connectivity index (χ2v) is 12.4. The Morgan fingerprint density at radius 2 is 1.50 bits per heavy atom. The molecule has 2 atom stereocenters. The molecule has 4 aromatic carbocycles. The SMILES string of the molecule is CC1CCc2cc(F)ccc2N1C(=O)[C@@H]1CCCN(C2CCN(C(=O)c3c4ccccc4cc4ccccc34)CC2)C1. The number of anilines is 1. The molecule has 1 unspecified atom stereocenters. The zero-order valence-corrected chi connectivity index (χ0v) is 24.3. The van der Waals surface area contributed by atoms with E-state index in [2.05, 4.69) is 42.2 Å². The molecular formula is C36H38FN3O2. The van der Waals surface area contributed by atoms with Gasteiger partial charge in [-0.05, 0) is 103 Å². The van der Waals surface area contributed by atoms with Gasteiger partial charge in [0.2, 0.25) is 5.91 Å². The zero-order valence-electron chi connectivity index (χ0n) is 24.3. The van der Waals surface area contributed by atoms with E-state index >= 15 is 0 Å². The average Bonchev–Trinajstić information content (AvgIpc) is 3.03. The second kappa shape index (κ2) is 11.1. The van der Waals surface area contributed by atoms with E-state index < -0.39 is 0 Å². The number of carbonyl (C=O) groups is 2. The van der Waals surface area contributed by atoms with Gasteiger partial charge in [-0.1, -0.05) is 48.5 Å². The number of nitrogens with zero attached hydrogens (tertiary/aromatic N) is 3. The summed E-state index contributed by atoms with van der Waals surface area (Å²) >= 11 is 0. The van der Waals surface area contributed by atoms with Crippen LogP contribution in [-0.4, -0.2) is 59.9 Å². The van der Waals surface area contributed by atoms with Crippen molar-refractivity contribution in [3.05, 3.63) is 89.7 Å². The summed E-state index contributed by atoms with van der Waals surface area (Å²) in [5.41, 5.74) is 2.62. The van der Waals surface area contributed by atoms with E-state index in [1.54, 1.807) is 12.1 Å². The Labute approximate surface area is 246 Å². The Kier molecular flexibility index (Phi) is 7.19. The molecule has 7 rings (SSSR count). The lowest BCUT2D eigenvalue weighted by atomic mass is 9.90. The minimum Gasteiger partial charge on any atom is -0.338 e. The third kappa shape index (κ3) is 4.86. The molecule has 0 saturated carbocycles. The summed E-state index contributed by atoms with van der Waals surface area (Å²) in [6, 6.07) is 23.9. The predicted octanol–water partition coefficient (Wildman–Crippen LogP) is 6.82. The highest BCUT2D eigenvalue weighted by atomic mass is 19.1. The molecule has 0 bridgehead atoms. The van der Waals surface area contributed by atoms with Gasteiger partial charge in [-0.2, -0.15) is 0 Å². The molecule has 5 nitrogen and oxygen atoms in total. The Bertz CT molecular complexity index is 1610. The smallest absolute Gasteiger partial charge is 0.255 e. The van der Waals surface area contributed by atoms with Crippen LogP contribution in [0.15, 0.2) is 72.8 Å². The summed E-state index contributed by atoms with van der Waals surface area (Å²) in [5.74, 6) is -0.00513. The van der Waals surface area contributed by atoms with E-state index in [0.717, 1.165) is 103 Å². The number of hydrogen-bond donors (Lipinski definition) is 0. The molecule has 216 valence electrons. The lowest BCUT2D eigenvalue weighted by molar-refractivity contribution is -0.125. The highest BCUT2D eigenvalue weighted by Crippen LogP contribution is 2.35. The first kappa shape index (κ1) is 27.1. The van der Waals surface area contributed by atoms with Gasteiger partial charge in [-0.25, -0.2) is 4.39 Å². The van der Waals surface area contributed by atoms with Crippen LogP contribution < -0.4 is 4.90 Å². The third-order valence-electron chi connectivity index (χ3n) is 9.87.